The molecule has 1 aromatic heterocycles. The second-order valence-corrected chi connectivity index (χ2v) is 7.87. The molecule has 2 aromatic carbocycles. The number of imidazole rings is 1. The summed E-state index contributed by atoms with van der Waals surface area (Å²) in [4.78, 5) is 29.2. The smallest absolute Gasteiger partial charge is 0.258 e. The number of aromatic nitrogens is 2. The number of methoxy groups -OCH3 is 1. The molecular weight excluding hydrogens is 408 g/mol. The third-order valence-electron chi connectivity index (χ3n) is 5.82. The number of anilines is 1. The lowest BCUT2D eigenvalue weighted by Crippen LogP contribution is -2.25. The number of benzene rings is 2. The Morgan fingerprint density at radius 2 is 1.88 bits per heavy atom. The van der Waals surface area contributed by atoms with Crippen molar-refractivity contribution in [1.82, 2.24) is 14.9 Å². The Bertz CT molecular complexity index is 1120. The van der Waals surface area contributed by atoms with E-state index in [2.05, 4.69) is 15.2 Å². The third-order valence-corrected chi connectivity index (χ3v) is 5.82. The van der Waals surface area contributed by atoms with Gasteiger partial charge in [-0.1, -0.05) is 31.4 Å². The number of para-hydroxylation sites is 2. The summed E-state index contributed by atoms with van der Waals surface area (Å²) in [7, 11) is 3.03. The van der Waals surface area contributed by atoms with Gasteiger partial charge in [0.15, 0.2) is 18.1 Å². The van der Waals surface area contributed by atoms with Gasteiger partial charge >= 0.3 is 0 Å². The normalized spacial score (nSPS) is 14.2. The van der Waals surface area contributed by atoms with E-state index in [4.69, 9.17) is 14.5 Å². The van der Waals surface area contributed by atoms with Crippen LogP contribution in [0.25, 0.3) is 11.0 Å². The van der Waals surface area contributed by atoms with Crippen LogP contribution in [-0.2, 0) is 4.79 Å². The zero-order valence-electron chi connectivity index (χ0n) is 18.4. The van der Waals surface area contributed by atoms with E-state index >= 15 is 0 Å². The molecule has 1 saturated carbocycles. The summed E-state index contributed by atoms with van der Waals surface area (Å²) < 4.78 is 13.0. The van der Waals surface area contributed by atoms with Crippen molar-refractivity contribution in [3.63, 3.8) is 0 Å². The van der Waals surface area contributed by atoms with Gasteiger partial charge in [-0.25, -0.2) is 4.98 Å². The number of rotatable bonds is 7. The number of carbonyl (C=O) groups excluding carboxylic acids is 2. The van der Waals surface area contributed by atoms with Crippen LogP contribution in [0.5, 0.6) is 11.5 Å². The summed E-state index contributed by atoms with van der Waals surface area (Å²) in [5.41, 5.74) is 2.31. The Morgan fingerprint density at radius 1 is 1.09 bits per heavy atom. The molecule has 0 spiro atoms. The molecule has 1 aliphatic carbocycles. The molecule has 0 unspecified atom stereocenters. The molecule has 1 fully saturated rings. The molecule has 1 aliphatic rings. The van der Waals surface area contributed by atoms with Gasteiger partial charge in [0.2, 0.25) is 5.95 Å². The zero-order chi connectivity index (χ0) is 22.5. The summed E-state index contributed by atoms with van der Waals surface area (Å²) in [5.74, 6) is 0.787. The van der Waals surface area contributed by atoms with Crippen LogP contribution in [0, 0.1) is 0 Å². The number of amides is 2. The highest BCUT2D eigenvalue weighted by Crippen LogP contribution is 2.34. The minimum atomic E-state index is -0.284. The van der Waals surface area contributed by atoms with E-state index in [0.29, 0.717) is 29.1 Å². The molecule has 1 heterocycles. The Hall–Kier alpha value is -3.55. The van der Waals surface area contributed by atoms with E-state index in [1.807, 2.05) is 24.3 Å². The number of nitrogens with one attached hydrogen (secondary N) is 2. The average Bonchev–Trinajstić information content (AvgIpc) is 3.20. The standard InChI is InChI=1S/C24H28N4O4/c1-25-22(29)15-32-20-13-12-16(14-21(20)31-2)23(30)27-24-26-18-10-6-7-11-19(18)28(24)17-8-4-3-5-9-17/h6-7,10-14,17H,3-5,8-9,15H2,1-2H3,(H,25,29)(H,26,27,30). The largest absolute Gasteiger partial charge is 0.493 e. The van der Waals surface area contributed by atoms with Crippen LogP contribution >= 0.6 is 0 Å². The maximum atomic E-state index is 13.1. The van der Waals surface area contributed by atoms with Crippen molar-refractivity contribution >= 4 is 28.8 Å². The molecule has 2 N–H and O–H groups in total. The fourth-order valence-electron chi connectivity index (χ4n) is 4.16. The topological polar surface area (TPSA) is 94.5 Å². The van der Waals surface area contributed by atoms with Crippen molar-refractivity contribution in [2.75, 3.05) is 26.1 Å². The lowest BCUT2D eigenvalue weighted by Gasteiger charge is -2.25. The van der Waals surface area contributed by atoms with E-state index < -0.39 is 0 Å². The number of hydrogen-bond donors (Lipinski definition) is 2. The van der Waals surface area contributed by atoms with Crippen LogP contribution in [0.4, 0.5) is 5.95 Å². The third kappa shape index (κ3) is 4.54. The van der Waals surface area contributed by atoms with Crippen molar-refractivity contribution in [3.8, 4) is 11.5 Å². The van der Waals surface area contributed by atoms with E-state index in [0.717, 1.165) is 23.9 Å². The van der Waals surface area contributed by atoms with E-state index in [1.165, 1.54) is 33.4 Å². The fraction of sp³-hybridized carbons (Fsp3) is 0.375. The van der Waals surface area contributed by atoms with Crippen LogP contribution in [0.15, 0.2) is 42.5 Å². The van der Waals surface area contributed by atoms with Crippen molar-refractivity contribution in [3.05, 3.63) is 48.0 Å². The van der Waals surface area contributed by atoms with Crippen LogP contribution in [0.3, 0.4) is 0 Å². The first kappa shape index (κ1) is 21.7. The lowest BCUT2D eigenvalue weighted by atomic mass is 9.95. The number of ether oxygens (including phenoxy) is 2. The van der Waals surface area contributed by atoms with Crippen molar-refractivity contribution in [2.45, 2.75) is 38.1 Å². The predicted molar refractivity (Wildman–Crippen MR) is 122 cm³/mol. The maximum absolute atomic E-state index is 13.1. The molecule has 0 bridgehead atoms. The second kappa shape index (κ2) is 9.72. The Morgan fingerprint density at radius 3 is 2.62 bits per heavy atom. The monoisotopic (exact) mass is 436 g/mol. The number of nitrogens with zero attached hydrogens (tertiary/aromatic N) is 2. The van der Waals surface area contributed by atoms with E-state index in [1.54, 1.807) is 18.2 Å². The zero-order valence-corrected chi connectivity index (χ0v) is 18.4. The first-order chi connectivity index (χ1) is 15.6. The molecule has 2 amide bonds. The van der Waals surface area contributed by atoms with Gasteiger partial charge in [0.25, 0.3) is 11.8 Å². The molecule has 0 atom stereocenters. The Kier molecular flexibility index (Phi) is 6.58. The van der Waals surface area contributed by atoms with Crippen LogP contribution in [-0.4, -0.2) is 42.1 Å². The molecule has 0 radical (unpaired) electrons. The van der Waals surface area contributed by atoms with Crippen molar-refractivity contribution in [1.29, 1.82) is 0 Å². The average molecular weight is 437 g/mol. The van der Waals surface area contributed by atoms with Crippen molar-refractivity contribution in [2.24, 2.45) is 0 Å². The SMILES string of the molecule is CNC(=O)COc1ccc(C(=O)Nc2nc3ccccc3n2C2CCCCC2)cc1OC. The summed E-state index contributed by atoms with van der Waals surface area (Å²) in [6, 6.07) is 13.2. The highest BCUT2D eigenvalue weighted by atomic mass is 16.5. The molecule has 8 heteroatoms. The van der Waals surface area contributed by atoms with Gasteiger partial charge in [-0.3, -0.25) is 14.9 Å². The highest BCUT2D eigenvalue weighted by Gasteiger charge is 2.23. The fourth-order valence-corrected chi connectivity index (χ4v) is 4.16. The highest BCUT2D eigenvalue weighted by molar-refractivity contribution is 6.04. The molecule has 32 heavy (non-hydrogen) atoms. The quantitative estimate of drug-likeness (QED) is 0.585. The molecule has 4 rings (SSSR count). The van der Waals surface area contributed by atoms with Gasteiger partial charge in [-0.15, -0.1) is 0 Å². The Labute approximate surface area is 186 Å². The summed E-state index contributed by atoms with van der Waals surface area (Å²) in [6.45, 7) is -0.135. The van der Waals surface area contributed by atoms with Gasteiger partial charge in [-0.2, -0.15) is 0 Å². The molecule has 0 aliphatic heterocycles. The first-order valence-corrected chi connectivity index (χ1v) is 10.9. The van der Waals surface area contributed by atoms with Crippen LogP contribution in [0.2, 0.25) is 0 Å². The predicted octanol–water partition coefficient (Wildman–Crippen LogP) is 3.93. The molecule has 3 aromatic rings. The first-order valence-electron chi connectivity index (χ1n) is 10.9. The molecule has 168 valence electrons. The van der Waals surface area contributed by atoms with Crippen molar-refractivity contribution < 1.29 is 19.1 Å². The van der Waals surface area contributed by atoms with Gasteiger partial charge in [-0.05, 0) is 43.2 Å². The van der Waals surface area contributed by atoms with E-state index in [-0.39, 0.29) is 18.4 Å². The van der Waals surface area contributed by atoms with Crippen LogP contribution < -0.4 is 20.1 Å². The molecular formula is C24H28N4O4. The van der Waals surface area contributed by atoms with Gasteiger partial charge in [0.1, 0.15) is 0 Å². The van der Waals surface area contributed by atoms with Gasteiger partial charge in [0.05, 0.1) is 18.1 Å². The minimum Gasteiger partial charge on any atom is -0.493 e. The van der Waals surface area contributed by atoms with Crippen LogP contribution in [0.1, 0.15) is 48.5 Å². The minimum absolute atomic E-state index is 0.135. The van der Waals surface area contributed by atoms with Gasteiger partial charge in [0, 0.05) is 18.7 Å². The second-order valence-electron chi connectivity index (χ2n) is 7.87. The lowest BCUT2D eigenvalue weighted by molar-refractivity contribution is -0.122. The summed E-state index contributed by atoms with van der Waals surface area (Å²) in [5, 5.41) is 5.49. The summed E-state index contributed by atoms with van der Waals surface area (Å²) in [6.07, 6.45) is 5.76. The number of carbonyl (C=O) groups is 2. The number of likely N-dealkylation sites (N-methyl/N-ethyl adjacent to an activating group) is 1. The number of hydrogen-bond acceptors (Lipinski definition) is 5. The van der Waals surface area contributed by atoms with Gasteiger partial charge < -0.3 is 19.4 Å². The molecule has 0 saturated heterocycles. The Balaban J connectivity index is 1.59. The summed E-state index contributed by atoms with van der Waals surface area (Å²) >= 11 is 0. The molecule has 8 nitrogen and oxygen atoms in total. The number of fused-ring (bicyclic) bond motifs is 1. The van der Waals surface area contributed by atoms with E-state index in [9.17, 15) is 9.59 Å². The maximum Gasteiger partial charge on any atom is 0.258 e.